The molecule has 140 valence electrons. The average Bonchev–Trinajstić information content (AvgIpc) is 2.68. The number of hydrogen-bond acceptors (Lipinski definition) is 4. The summed E-state index contributed by atoms with van der Waals surface area (Å²) in [5, 5.41) is 3.66. The van der Waals surface area contributed by atoms with Gasteiger partial charge in [-0.15, -0.1) is 11.8 Å². The third-order valence-corrected chi connectivity index (χ3v) is 5.47. The molecule has 4 nitrogen and oxygen atoms in total. The fourth-order valence-corrected chi connectivity index (χ4v) is 3.83. The molecule has 0 radical (unpaired) electrons. The van der Waals surface area contributed by atoms with Crippen molar-refractivity contribution in [3.05, 3.63) is 71.2 Å². The first-order chi connectivity index (χ1) is 13.0. The Labute approximate surface area is 167 Å². The first-order valence-corrected chi connectivity index (χ1v) is 9.88. The van der Waals surface area contributed by atoms with Crippen LogP contribution in [0.1, 0.15) is 18.5 Å². The molecule has 1 heterocycles. The van der Waals surface area contributed by atoms with Crippen molar-refractivity contribution >= 4 is 40.7 Å². The highest BCUT2D eigenvalue weighted by atomic mass is 32.2. The number of methoxy groups -OCH3 is 1. The van der Waals surface area contributed by atoms with E-state index in [9.17, 15) is 9.18 Å². The molecule has 0 saturated carbocycles. The van der Waals surface area contributed by atoms with Gasteiger partial charge in [-0.05, 0) is 67.4 Å². The van der Waals surface area contributed by atoms with Gasteiger partial charge < -0.3 is 10.1 Å². The van der Waals surface area contributed by atoms with Gasteiger partial charge in [0.15, 0.2) is 5.11 Å². The number of allylic oxidation sites excluding steroid dienone is 1. The van der Waals surface area contributed by atoms with Crippen molar-refractivity contribution in [2.75, 3.05) is 18.3 Å². The number of benzene rings is 2. The van der Waals surface area contributed by atoms with E-state index in [2.05, 4.69) is 5.32 Å². The van der Waals surface area contributed by atoms with E-state index in [-0.39, 0.29) is 5.82 Å². The number of esters is 1. The second kappa shape index (κ2) is 8.10. The maximum atomic E-state index is 13.3. The fraction of sp³-hybridized carbons (Fsp3) is 0.200. The van der Waals surface area contributed by atoms with Crippen molar-refractivity contribution < 1.29 is 13.9 Å². The van der Waals surface area contributed by atoms with Crippen LogP contribution in [0.25, 0.3) is 0 Å². The average molecular weight is 403 g/mol. The van der Waals surface area contributed by atoms with Gasteiger partial charge in [-0.2, -0.15) is 0 Å². The molecule has 0 bridgehead atoms. The number of halogens is 1. The number of thioether (sulfide) groups is 1. The molecule has 1 N–H and O–H groups in total. The van der Waals surface area contributed by atoms with Crippen molar-refractivity contribution in [1.82, 2.24) is 5.32 Å². The lowest BCUT2D eigenvalue weighted by Gasteiger charge is -2.37. The van der Waals surface area contributed by atoms with Gasteiger partial charge in [-0.3, -0.25) is 4.90 Å². The van der Waals surface area contributed by atoms with E-state index < -0.39 is 12.0 Å². The molecule has 0 unspecified atom stereocenters. The number of hydrogen-bond donors (Lipinski definition) is 1. The third kappa shape index (κ3) is 3.84. The Balaban J connectivity index is 2.09. The van der Waals surface area contributed by atoms with Gasteiger partial charge in [0.1, 0.15) is 5.82 Å². The molecule has 1 aliphatic rings. The van der Waals surface area contributed by atoms with Gasteiger partial charge in [0, 0.05) is 16.3 Å². The van der Waals surface area contributed by atoms with Crippen LogP contribution in [-0.2, 0) is 9.53 Å². The van der Waals surface area contributed by atoms with Gasteiger partial charge in [0.2, 0.25) is 0 Å². The molecule has 0 saturated heterocycles. The Morgan fingerprint density at radius 2 is 1.81 bits per heavy atom. The summed E-state index contributed by atoms with van der Waals surface area (Å²) in [6.07, 6.45) is 2.01. The molecule has 7 heteroatoms. The fourth-order valence-electron chi connectivity index (χ4n) is 3.06. The van der Waals surface area contributed by atoms with Crippen LogP contribution in [-0.4, -0.2) is 24.4 Å². The van der Waals surface area contributed by atoms with Crippen LogP contribution >= 0.6 is 24.0 Å². The van der Waals surface area contributed by atoms with Gasteiger partial charge in [0.25, 0.3) is 0 Å². The molecule has 1 aliphatic heterocycles. The smallest absolute Gasteiger partial charge is 0.337 e. The van der Waals surface area contributed by atoms with Crippen molar-refractivity contribution in [2.45, 2.75) is 17.9 Å². The maximum Gasteiger partial charge on any atom is 0.337 e. The zero-order valence-electron chi connectivity index (χ0n) is 15.2. The lowest BCUT2D eigenvalue weighted by Crippen LogP contribution is -2.48. The first kappa shape index (κ1) is 19.4. The molecule has 0 aromatic heterocycles. The number of carbonyl (C=O) groups excluding carboxylic acids is 1. The minimum absolute atomic E-state index is 0.337. The van der Waals surface area contributed by atoms with Crippen molar-refractivity contribution in [3.8, 4) is 0 Å². The van der Waals surface area contributed by atoms with Crippen LogP contribution in [0.15, 0.2) is 64.7 Å². The lowest BCUT2D eigenvalue weighted by atomic mass is 9.95. The Bertz CT molecular complexity index is 895. The predicted octanol–water partition coefficient (Wildman–Crippen LogP) is 4.43. The van der Waals surface area contributed by atoms with E-state index in [0.29, 0.717) is 22.1 Å². The molecule has 3 rings (SSSR count). The van der Waals surface area contributed by atoms with E-state index in [1.165, 1.54) is 19.2 Å². The van der Waals surface area contributed by atoms with Crippen LogP contribution in [0, 0.1) is 5.82 Å². The van der Waals surface area contributed by atoms with Gasteiger partial charge >= 0.3 is 5.97 Å². The van der Waals surface area contributed by atoms with Crippen LogP contribution in [0.5, 0.6) is 0 Å². The monoisotopic (exact) mass is 402 g/mol. The van der Waals surface area contributed by atoms with Crippen LogP contribution in [0.3, 0.4) is 0 Å². The second-order valence-corrected chi connectivity index (χ2v) is 7.22. The first-order valence-electron chi connectivity index (χ1n) is 8.25. The van der Waals surface area contributed by atoms with Crippen LogP contribution in [0.2, 0.25) is 0 Å². The standard InChI is InChI=1S/C20H19FN2O2S2/c1-12-17(19(24)25-2)18(13-4-10-16(27-3)11-5-13)22-20(26)23(12)15-8-6-14(21)7-9-15/h4-11,18H,1-3H3,(H,22,26)/t18-/m1/s1. The number of nitrogens with zero attached hydrogens (tertiary/aromatic N) is 1. The second-order valence-electron chi connectivity index (χ2n) is 5.96. The normalized spacial score (nSPS) is 17.0. The molecule has 27 heavy (non-hydrogen) atoms. The topological polar surface area (TPSA) is 41.6 Å². The quantitative estimate of drug-likeness (QED) is 0.464. The summed E-state index contributed by atoms with van der Waals surface area (Å²) in [6.45, 7) is 1.81. The van der Waals surface area contributed by atoms with E-state index >= 15 is 0 Å². The summed E-state index contributed by atoms with van der Waals surface area (Å²) in [7, 11) is 1.35. The largest absolute Gasteiger partial charge is 0.466 e. The number of anilines is 1. The summed E-state index contributed by atoms with van der Waals surface area (Å²) in [6, 6.07) is 13.5. The zero-order valence-corrected chi connectivity index (χ0v) is 16.8. The summed E-state index contributed by atoms with van der Waals surface area (Å²) in [4.78, 5) is 15.4. The molecule has 0 fully saturated rings. The molecule has 0 amide bonds. The van der Waals surface area contributed by atoms with E-state index in [1.54, 1.807) is 28.8 Å². The Hall–Kier alpha value is -2.38. The summed E-state index contributed by atoms with van der Waals surface area (Å²) in [5.74, 6) is -0.773. The van der Waals surface area contributed by atoms with Crippen molar-refractivity contribution in [3.63, 3.8) is 0 Å². The summed E-state index contributed by atoms with van der Waals surface area (Å²) >= 11 is 7.20. The highest BCUT2D eigenvalue weighted by molar-refractivity contribution is 7.98. The van der Waals surface area contributed by atoms with Gasteiger partial charge in [-0.25, -0.2) is 9.18 Å². The Morgan fingerprint density at radius 3 is 2.37 bits per heavy atom. The Morgan fingerprint density at radius 1 is 1.19 bits per heavy atom. The highest BCUT2D eigenvalue weighted by Gasteiger charge is 2.35. The molecular formula is C20H19FN2O2S2. The summed E-state index contributed by atoms with van der Waals surface area (Å²) < 4.78 is 18.3. The Kier molecular flexibility index (Phi) is 5.82. The predicted molar refractivity (Wildman–Crippen MR) is 110 cm³/mol. The number of carbonyl (C=O) groups is 1. The lowest BCUT2D eigenvalue weighted by molar-refractivity contribution is -0.136. The molecule has 0 aliphatic carbocycles. The minimum atomic E-state index is -0.437. The van der Waals surface area contributed by atoms with Crippen LogP contribution < -0.4 is 10.2 Å². The summed E-state index contributed by atoms with van der Waals surface area (Å²) in [5.41, 5.74) is 2.70. The molecule has 2 aromatic carbocycles. The molecule has 0 spiro atoms. The maximum absolute atomic E-state index is 13.3. The number of rotatable bonds is 4. The van der Waals surface area contributed by atoms with Crippen molar-refractivity contribution in [2.24, 2.45) is 0 Å². The van der Waals surface area contributed by atoms with E-state index in [4.69, 9.17) is 17.0 Å². The zero-order chi connectivity index (χ0) is 19.6. The third-order valence-electron chi connectivity index (χ3n) is 4.42. The van der Waals surface area contributed by atoms with Crippen LogP contribution in [0.4, 0.5) is 10.1 Å². The number of nitrogens with one attached hydrogen (secondary N) is 1. The SMILES string of the molecule is COC(=O)C1=C(C)N(c2ccc(F)cc2)C(=S)N[C@@H]1c1ccc(SC)cc1. The van der Waals surface area contributed by atoms with Gasteiger partial charge in [-0.1, -0.05) is 12.1 Å². The number of thiocarbonyl (C=S) groups is 1. The number of ether oxygens (including phenoxy) is 1. The molecule has 2 aromatic rings. The minimum Gasteiger partial charge on any atom is -0.466 e. The highest BCUT2D eigenvalue weighted by Crippen LogP contribution is 2.34. The van der Waals surface area contributed by atoms with Crippen molar-refractivity contribution in [1.29, 1.82) is 0 Å². The van der Waals surface area contributed by atoms with Gasteiger partial charge in [0.05, 0.1) is 18.7 Å². The molecular weight excluding hydrogens is 383 g/mol. The van der Waals surface area contributed by atoms with E-state index in [0.717, 1.165) is 10.5 Å². The molecule has 1 atom stereocenters. The van der Waals surface area contributed by atoms with E-state index in [1.807, 2.05) is 37.4 Å².